The number of hydrogen-bond donors (Lipinski definition) is 1. The van der Waals surface area contributed by atoms with Crippen molar-refractivity contribution in [1.29, 1.82) is 0 Å². The molecule has 0 amide bonds. The van der Waals surface area contributed by atoms with E-state index in [0.717, 1.165) is 13.0 Å². The predicted octanol–water partition coefficient (Wildman–Crippen LogP) is -0.636. The molecule has 54 valence electrons. The lowest BCUT2D eigenvalue weighted by Crippen LogP contribution is -2.25. The quantitative estimate of drug-likeness (QED) is 0.323. The molecule has 0 aromatic heterocycles. The van der Waals surface area contributed by atoms with E-state index in [1.165, 1.54) is 0 Å². The normalized spacial score (nSPS) is 11.3. The fourth-order valence-electron chi connectivity index (χ4n) is 0.373. The van der Waals surface area contributed by atoms with Gasteiger partial charge in [0.2, 0.25) is 12.1 Å². The summed E-state index contributed by atoms with van der Waals surface area (Å²) in [5.41, 5.74) is 0. The molecule has 0 aromatic rings. The lowest BCUT2D eigenvalue weighted by Gasteiger charge is -1.96. The zero-order valence-corrected chi connectivity index (χ0v) is 5.20. The first kappa shape index (κ1) is 8.52. The molecular weight excluding hydrogens is 138 g/mol. The van der Waals surface area contributed by atoms with Crippen molar-refractivity contribution in [3.05, 3.63) is 0 Å². The molecule has 0 saturated carbocycles. The summed E-state index contributed by atoms with van der Waals surface area (Å²) in [6, 6.07) is -1.59. The average molecular weight is 143 g/mol. The summed E-state index contributed by atoms with van der Waals surface area (Å²) in [6.07, 6.45) is 1.00. The number of carboxylic acid groups (broad SMARTS) is 1. The van der Waals surface area contributed by atoms with Crippen LogP contribution in [0.1, 0.15) is 6.92 Å². The number of nitrogens with zero attached hydrogens (tertiary/aromatic N) is 1. The summed E-state index contributed by atoms with van der Waals surface area (Å²) in [4.78, 5) is 32.6. The SMILES string of the molecule is CC(=O)C(N=C=O)C(=O)O. The molecule has 0 heterocycles. The molecule has 0 fully saturated rings. The Morgan fingerprint density at radius 3 is 2.20 bits per heavy atom. The van der Waals surface area contributed by atoms with Crippen molar-refractivity contribution in [2.45, 2.75) is 13.0 Å². The second kappa shape index (κ2) is 3.53. The number of aliphatic carboxylic acids is 1. The third-order valence-electron chi connectivity index (χ3n) is 0.801. The first-order valence-electron chi connectivity index (χ1n) is 2.40. The molecule has 0 aliphatic carbocycles. The van der Waals surface area contributed by atoms with E-state index in [1.807, 2.05) is 0 Å². The second-order valence-corrected chi connectivity index (χ2v) is 1.57. The van der Waals surface area contributed by atoms with Gasteiger partial charge in [-0.3, -0.25) is 4.79 Å². The van der Waals surface area contributed by atoms with E-state index in [-0.39, 0.29) is 0 Å². The number of hydrogen-bond acceptors (Lipinski definition) is 4. The minimum Gasteiger partial charge on any atom is -0.479 e. The van der Waals surface area contributed by atoms with Crippen LogP contribution in [0.15, 0.2) is 4.99 Å². The summed E-state index contributed by atoms with van der Waals surface area (Å²) in [5.74, 6) is -2.12. The van der Waals surface area contributed by atoms with Crippen LogP contribution in [0.5, 0.6) is 0 Å². The van der Waals surface area contributed by atoms with Crippen LogP contribution in [0.4, 0.5) is 0 Å². The molecule has 0 rings (SSSR count). The molecule has 0 aromatic carbocycles. The van der Waals surface area contributed by atoms with Gasteiger partial charge in [0.15, 0.2) is 5.78 Å². The third kappa shape index (κ3) is 2.19. The van der Waals surface area contributed by atoms with Gasteiger partial charge >= 0.3 is 5.97 Å². The summed E-state index contributed by atoms with van der Waals surface area (Å²) in [6.45, 7) is 1.04. The number of isocyanates is 1. The maximum atomic E-state index is 10.3. The summed E-state index contributed by atoms with van der Waals surface area (Å²) in [5, 5.41) is 8.18. The fourth-order valence-corrected chi connectivity index (χ4v) is 0.373. The van der Waals surface area contributed by atoms with Crippen LogP contribution in [-0.2, 0) is 14.4 Å². The highest BCUT2D eigenvalue weighted by Gasteiger charge is 2.20. The topological polar surface area (TPSA) is 83.8 Å². The molecule has 0 aliphatic heterocycles. The highest BCUT2D eigenvalue weighted by molar-refractivity contribution is 6.01. The van der Waals surface area contributed by atoms with E-state index in [9.17, 15) is 14.4 Å². The largest absolute Gasteiger partial charge is 0.479 e. The second-order valence-electron chi connectivity index (χ2n) is 1.57. The first-order chi connectivity index (χ1) is 4.59. The maximum Gasteiger partial charge on any atom is 0.337 e. The Hall–Kier alpha value is -1.48. The number of carbonyl (C=O) groups excluding carboxylic acids is 2. The Balaban J connectivity index is 4.41. The van der Waals surface area contributed by atoms with Crippen molar-refractivity contribution < 1.29 is 19.5 Å². The number of ketones is 1. The zero-order valence-electron chi connectivity index (χ0n) is 5.20. The van der Waals surface area contributed by atoms with Gasteiger partial charge in [-0.2, -0.15) is 4.99 Å². The molecule has 0 aliphatic rings. The van der Waals surface area contributed by atoms with Crippen LogP contribution in [0.3, 0.4) is 0 Å². The average Bonchev–Trinajstić information content (AvgIpc) is 1.81. The van der Waals surface area contributed by atoms with Crippen molar-refractivity contribution in [3.8, 4) is 0 Å². The smallest absolute Gasteiger partial charge is 0.337 e. The number of carbonyl (C=O) groups is 2. The molecule has 10 heavy (non-hydrogen) atoms. The summed E-state index contributed by atoms with van der Waals surface area (Å²) < 4.78 is 0. The van der Waals surface area contributed by atoms with Crippen molar-refractivity contribution in [2.75, 3.05) is 0 Å². The van der Waals surface area contributed by atoms with Gasteiger partial charge in [0, 0.05) is 0 Å². The van der Waals surface area contributed by atoms with Gasteiger partial charge in [0.05, 0.1) is 0 Å². The Morgan fingerprint density at radius 1 is 1.60 bits per heavy atom. The van der Waals surface area contributed by atoms with Crippen LogP contribution in [-0.4, -0.2) is 29.0 Å². The van der Waals surface area contributed by atoms with Gasteiger partial charge in [-0.1, -0.05) is 0 Å². The Bertz CT molecular complexity index is 187. The van der Waals surface area contributed by atoms with Crippen LogP contribution in [0.25, 0.3) is 0 Å². The van der Waals surface area contributed by atoms with Gasteiger partial charge in [0.25, 0.3) is 0 Å². The Kier molecular flexibility index (Phi) is 3.01. The molecule has 1 N–H and O–H groups in total. The van der Waals surface area contributed by atoms with Crippen molar-refractivity contribution in [3.63, 3.8) is 0 Å². The standard InChI is InChI=1S/C5H5NO4/c1-3(8)4(5(9)10)6-2-7/h4H,1H3,(H,9,10). The Morgan fingerprint density at radius 2 is 2.10 bits per heavy atom. The van der Waals surface area contributed by atoms with E-state index in [4.69, 9.17) is 5.11 Å². The predicted molar refractivity (Wildman–Crippen MR) is 30.2 cm³/mol. The minimum absolute atomic E-state index is 0.684. The zero-order chi connectivity index (χ0) is 8.15. The van der Waals surface area contributed by atoms with Gasteiger partial charge in [-0.15, -0.1) is 0 Å². The first-order valence-corrected chi connectivity index (χ1v) is 2.40. The number of aliphatic imine (C=N–C) groups is 1. The lowest BCUT2D eigenvalue weighted by molar-refractivity contribution is -0.141. The van der Waals surface area contributed by atoms with E-state index >= 15 is 0 Å². The van der Waals surface area contributed by atoms with E-state index in [2.05, 4.69) is 4.99 Å². The molecule has 0 spiro atoms. The fraction of sp³-hybridized carbons (Fsp3) is 0.400. The number of rotatable bonds is 3. The third-order valence-corrected chi connectivity index (χ3v) is 0.801. The molecule has 1 unspecified atom stereocenters. The molecule has 0 radical (unpaired) electrons. The van der Waals surface area contributed by atoms with Gasteiger partial charge in [-0.05, 0) is 6.92 Å². The van der Waals surface area contributed by atoms with Gasteiger partial charge in [0.1, 0.15) is 0 Å². The number of Topliss-reactive ketones (excluding diaryl/α,β-unsaturated/α-hetero) is 1. The van der Waals surface area contributed by atoms with Crippen molar-refractivity contribution in [1.82, 2.24) is 0 Å². The van der Waals surface area contributed by atoms with E-state index < -0.39 is 17.8 Å². The highest BCUT2D eigenvalue weighted by Crippen LogP contribution is 1.90. The number of carboxylic acids is 1. The molecule has 0 saturated heterocycles. The molecule has 5 heteroatoms. The Labute approximate surface area is 56.4 Å². The molecular formula is C5H5NO4. The lowest BCUT2D eigenvalue weighted by atomic mass is 10.2. The highest BCUT2D eigenvalue weighted by atomic mass is 16.4. The van der Waals surface area contributed by atoms with Crippen LogP contribution in [0.2, 0.25) is 0 Å². The van der Waals surface area contributed by atoms with E-state index in [1.54, 1.807) is 0 Å². The molecule has 1 atom stereocenters. The molecule has 5 nitrogen and oxygen atoms in total. The monoisotopic (exact) mass is 143 g/mol. The van der Waals surface area contributed by atoms with Crippen molar-refractivity contribution in [2.24, 2.45) is 4.99 Å². The minimum atomic E-state index is -1.59. The van der Waals surface area contributed by atoms with E-state index in [0.29, 0.717) is 0 Å². The van der Waals surface area contributed by atoms with Gasteiger partial charge < -0.3 is 5.11 Å². The van der Waals surface area contributed by atoms with Crippen molar-refractivity contribution >= 4 is 17.8 Å². The van der Waals surface area contributed by atoms with Crippen LogP contribution in [0, 0.1) is 0 Å². The maximum absolute atomic E-state index is 10.3. The summed E-state index contributed by atoms with van der Waals surface area (Å²) in [7, 11) is 0. The van der Waals surface area contributed by atoms with Crippen LogP contribution < -0.4 is 0 Å². The molecule has 0 bridgehead atoms. The summed E-state index contributed by atoms with van der Waals surface area (Å²) >= 11 is 0. The van der Waals surface area contributed by atoms with Crippen LogP contribution >= 0.6 is 0 Å². The van der Waals surface area contributed by atoms with Gasteiger partial charge in [-0.25, -0.2) is 9.59 Å².